The van der Waals surface area contributed by atoms with Crippen LogP contribution in [-0.4, -0.2) is 38.6 Å². The summed E-state index contributed by atoms with van der Waals surface area (Å²) in [5.41, 5.74) is 0.775. The van der Waals surface area contributed by atoms with Crippen molar-refractivity contribution in [1.82, 2.24) is 10.0 Å². The molecular weight excluding hydrogens is 292 g/mol. The molecule has 1 aromatic carbocycles. The number of aliphatic hydroxyl groups is 1. The predicted molar refractivity (Wildman–Crippen MR) is 81.7 cm³/mol. The first-order valence-electron chi connectivity index (χ1n) is 6.56. The van der Waals surface area contributed by atoms with E-state index in [0.717, 1.165) is 11.0 Å². The summed E-state index contributed by atoms with van der Waals surface area (Å²) in [5.74, 6) is -0.314. The first-order chi connectivity index (χ1) is 9.93. The zero-order valence-electron chi connectivity index (χ0n) is 11.8. The van der Waals surface area contributed by atoms with Crippen LogP contribution < -0.4 is 10.0 Å². The minimum atomic E-state index is -3.57. The van der Waals surface area contributed by atoms with Crippen molar-refractivity contribution in [3.05, 3.63) is 41.3 Å². The minimum Gasteiger partial charge on any atom is -0.394 e. The fourth-order valence-electron chi connectivity index (χ4n) is 1.48. The molecule has 0 saturated carbocycles. The molecule has 0 saturated heterocycles. The molecule has 0 spiro atoms. The van der Waals surface area contributed by atoms with E-state index in [2.05, 4.69) is 10.0 Å². The third kappa shape index (κ3) is 7.60. The molecule has 0 aromatic heterocycles. The molecule has 1 unspecified atom stereocenters. The summed E-state index contributed by atoms with van der Waals surface area (Å²) in [7, 11) is -3.57. The van der Waals surface area contributed by atoms with Crippen LogP contribution in [0.2, 0.25) is 0 Å². The Morgan fingerprint density at radius 2 is 2.00 bits per heavy atom. The lowest BCUT2D eigenvalue weighted by molar-refractivity contribution is -0.121. The van der Waals surface area contributed by atoms with Gasteiger partial charge in [-0.3, -0.25) is 4.79 Å². The maximum absolute atomic E-state index is 11.7. The number of hydrogen-bond acceptors (Lipinski definition) is 4. The van der Waals surface area contributed by atoms with Gasteiger partial charge in [-0.2, -0.15) is 0 Å². The monoisotopic (exact) mass is 312 g/mol. The van der Waals surface area contributed by atoms with E-state index in [1.165, 1.54) is 6.08 Å². The lowest BCUT2D eigenvalue weighted by Crippen LogP contribution is -2.37. The molecule has 0 heterocycles. The summed E-state index contributed by atoms with van der Waals surface area (Å²) in [4.78, 5) is 11.4. The van der Waals surface area contributed by atoms with Gasteiger partial charge in [0.15, 0.2) is 0 Å². The Balaban J connectivity index is 2.40. The molecule has 1 aromatic rings. The van der Waals surface area contributed by atoms with E-state index in [4.69, 9.17) is 5.11 Å². The highest BCUT2D eigenvalue weighted by molar-refractivity contribution is 7.92. The molecule has 0 aliphatic heterocycles. The Morgan fingerprint density at radius 1 is 1.33 bits per heavy atom. The van der Waals surface area contributed by atoms with Crippen molar-refractivity contribution in [2.75, 3.05) is 13.2 Å². The van der Waals surface area contributed by atoms with Gasteiger partial charge in [0.05, 0.1) is 6.61 Å². The van der Waals surface area contributed by atoms with E-state index in [0.29, 0.717) is 0 Å². The molecule has 21 heavy (non-hydrogen) atoms. The van der Waals surface area contributed by atoms with Crippen LogP contribution in [0.5, 0.6) is 0 Å². The Morgan fingerprint density at radius 3 is 2.62 bits per heavy atom. The second-order valence-corrected chi connectivity index (χ2v) is 6.20. The maximum atomic E-state index is 11.7. The molecule has 3 N–H and O–H groups in total. The number of benzene rings is 1. The number of sulfonamides is 1. The molecule has 0 fully saturated rings. The number of aliphatic hydroxyl groups excluding tert-OH is 1. The van der Waals surface area contributed by atoms with Crippen molar-refractivity contribution in [3.63, 3.8) is 0 Å². The fraction of sp³-hybridized carbons (Fsp3) is 0.357. The Bertz CT molecular complexity index is 570. The predicted octanol–water partition coefficient (Wildman–Crippen LogP) is 0.464. The van der Waals surface area contributed by atoms with Crippen molar-refractivity contribution >= 4 is 22.0 Å². The average Bonchev–Trinajstić information content (AvgIpc) is 2.46. The third-order valence-electron chi connectivity index (χ3n) is 2.58. The highest BCUT2D eigenvalue weighted by Gasteiger charge is 2.08. The summed E-state index contributed by atoms with van der Waals surface area (Å²) in [6.45, 7) is 1.51. The van der Waals surface area contributed by atoms with Crippen LogP contribution in [-0.2, 0) is 14.8 Å². The van der Waals surface area contributed by atoms with E-state index in [9.17, 15) is 13.2 Å². The summed E-state index contributed by atoms with van der Waals surface area (Å²) in [6, 6.07) is 8.70. The molecule has 7 heteroatoms. The molecule has 0 radical (unpaired) electrons. The summed E-state index contributed by atoms with van der Waals surface area (Å²) in [5, 5.41) is 12.4. The third-order valence-corrected chi connectivity index (χ3v) is 3.68. The number of amides is 1. The van der Waals surface area contributed by atoms with Crippen molar-refractivity contribution in [1.29, 1.82) is 0 Å². The zero-order chi connectivity index (χ0) is 15.7. The van der Waals surface area contributed by atoms with Gasteiger partial charge >= 0.3 is 0 Å². The lowest BCUT2D eigenvalue weighted by Gasteiger charge is -2.10. The first kappa shape index (κ1) is 17.4. The second kappa shape index (κ2) is 8.56. The first-order valence-corrected chi connectivity index (χ1v) is 8.10. The Kier molecular flexibility index (Phi) is 7.07. The highest BCUT2D eigenvalue weighted by Crippen LogP contribution is 2.02. The average molecular weight is 312 g/mol. The van der Waals surface area contributed by atoms with E-state index in [1.54, 1.807) is 19.1 Å². The SMILES string of the molecule is CC(CO)NC(=O)CCNS(=O)(=O)/C=C/c1ccccc1. The van der Waals surface area contributed by atoms with E-state index < -0.39 is 10.0 Å². The standard InChI is InChI=1S/C14H20N2O4S/c1-12(11-17)16-14(18)7-9-15-21(19,20)10-8-13-5-3-2-4-6-13/h2-6,8,10,12,15,17H,7,9,11H2,1H3,(H,16,18)/b10-8+. The minimum absolute atomic E-state index is 0.00540. The molecule has 116 valence electrons. The number of nitrogens with one attached hydrogen (secondary N) is 2. The maximum Gasteiger partial charge on any atom is 0.233 e. The molecule has 1 amide bonds. The van der Waals surface area contributed by atoms with Crippen LogP contribution in [0.3, 0.4) is 0 Å². The van der Waals surface area contributed by atoms with Crippen molar-refractivity contribution in [3.8, 4) is 0 Å². The van der Waals surface area contributed by atoms with E-state index in [-0.39, 0.29) is 31.5 Å². The number of carbonyl (C=O) groups excluding carboxylic acids is 1. The van der Waals surface area contributed by atoms with Crippen LogP contribution in [0.15, 0.2) is 35.7 Å². The smallest absolute Gasteiger partial charge is 0.233 e. The van der Waals surface area contributed by atoms with Crippen LogP contribution in [0.4, 0.5) is 0 Å². The van der Waals surface area contributed by atoms with Gasteiger partial charge < -0.3 is 10.4 Å². The van der Waals surface area contributed by atoms with E-state index >= 15 is 0 Å². The summed E-state index contributed by atoms with van der Waals surface area (Å²) < 4.78 is 25.7. The van der Waals surface area contributed by atoms with Gasteiger partial charge in [-0.25, -0.2) is 13.1 Å². The van der Waals surface area contributed by atoms with Crippen molar-refractivity contribution < 1.29 is 18.3 Å². The number of hydrogen-bond donors (Lipinski definition) is 3. The molecule has 1 atom stereocenters. The molecule has 6 nitrogen and oxygen atoms in total. The van der Waals surface area contributed by atoms with Gasteiger partial charge in [0, 0.05) is 24.4 Å². The van der Waals surface area contributed by atoms with Gasteiger partial charge in [0.1, 0.15) is 0 Å². The van der Waals surface area contributed by atoms with Gasteiger partial charge in [-0.15, -0.1) is 0 Å². The van der Waals surface area contributed by atoms with E-state index in [1.807, 2.05) is 18.2 Å². The quantitative estimate of drug-likeness (QED) is 0.650. The fourth-order valence-corrected chi connectivity index (χ4v) is 2.30. The van der Waals surface area contributed by atoms with Gasteiger partial charge in [-0.1, -0.05) is 30.3 Å². The van der Waals surface area contributed by atoms with Crippen LogP contribution in [0.25, 0.3) is 6.08 Å². The largest absolute Gasteiger partial charge is 0.394 e. The molecule has 0 bridgehead atoms. The number of carbonyl (C=O) groups is 1. The van der Waals surface area contributed by atoms with Crippen molar-refractivity contribution in [2.45, 2.75) is 19.4 Å². The van der Waals surface area contributed by atoms with Gasteiger partial charge in [0.25, 0.3) is 0 Å². The summed E-state index contributed by atoms with van der Waals surface area (Å²) in [6.07, 6.45) is 1.50. The molecule has 0 aliphatic carbocycles. The van der Waals surface area contributed by atoms with Gasteiger partial charge in [0.2, 0.25) is 15.9 Å². The molecule has 1 rings (SSSR count). The summed E-state index contributed by atoms with van der Waals surface area (Å²) >= 11 is 0. The zero-order valence-corrected chi connectivity index (χ0v) is 12.6. The lowest BCUT2D eigenvalue weighted by atomic mass is 10.2. The Labute approximate surface area is 124 Å². The highest BCUT2D eigenvalue weighted by atomic mass is 32.2. The topological polar surface area (TPSA) is 95.5 Å². The molecule has 0 aliphatic rings. The number of rotatable bonds is 8. The van der Waals surface area contributed by atoms with Gasteiger partial charge in [-0.05, 0) is 18.6 Å². The molecular formula is C14H20N2O4S. The van der Waals surface area contributed by atoms with Crippen LogP contribution in [0.1, 0.15) is 18.9 Å². The van der Waals surface area contributed by atoms with Crippen LogP contribution in [0, 0.1) is 0 Å². The normalized spacial score (nSPS) is 13.2. The second-order valence-electron chi connectivity index (χ2n) is 4.55. The van der Waals surface area contributed by atoms with Crippen LogP contribution >= 0.6 is 0 Å². The van der Waals surface area contributed by atoms with Crippen molar-refractivity contribution in [2.24, 2.45) is 0 Å². The Hall–Kier alpha value is -1.70.